The largest absolute Gasteiger partial charge is 0.469 e. The molecule has 1 saturated heterocycles. The van der Waals surface area contributed by atoms with Gasteiger partial charge in [0.2, 0.25) is 5.91 Å². The van der Waals surface area contributed by atoms with Crippen molar-refractivity contribution >= 4 is 23.4 Å². The third-order valence-electron chi connectivity index (χ3n) is 4.86. The van der Waals surface area contributed by atoms with Gasteiger partial charge in [-0.1, -0.05) is 23.9 Å². The number of anilines is 1. The second-order valence-corrected chi connectivity index (χ2v) is 8.09. The number of carbonyl (C=O) groups is 1. The summed E-state index contributed by atoms with van der Waals surface area (Å²) < 4.78 is 13.3. The van der Waals surface area contributed by atoms with Crippen LogP contribution in [-0.2, 0) is 16.1 Å². The maximum absolute atomic E-state index is 12.4. The SMILES string of the molecule is Cc1cccc(NC(=O)CSc2nnc(-c3ccoc3C)n2C[C@@H]2CCCO2)c1. The van der Waals surface area contributed by atoms with Crippen molar-refractivity contribution < 1.29 is 13.9 Å². The lowest BCUT2D eigenvalue weighted by Crippen LogP contribution is -2.18. The molecule has 0 spiro atoms. The summed E-state index contributed by atoms with van der Waals surface area (Å²) in [6, 6.07) is 9.65. The van der Waals surface area contributed by atoms with Crippen molar-refractivity contribution in [1.82, 2.24) is 14.8 Å². The molecule has 3 heterocycles. The molecule has 4 rings (SSSR count). The predicted octanol–water partition coefficient (Wildman–Crippen LogP) is 4.06. The topological polar surface area (TPSA) is 82.2 Å². The van der Waals surface area contributed by atoms with E-state index in [1.807, 2.05) is 48.7 Å². The van der Waals surface area contributed by atoms with Gasteiger partial charge in [0.25, 0.3) is 0 Å². The highest BCUT2D eigenvalue weighted by atomic mass is 32.2. The van der Waals surface area contributed by atoms with E-state index < -0.39 is 0 Å². The molecule has 29 heavy (non-hydrogen) atoms. The van der Waals surface area contributed by atoms with Crippen LogP contribution in [0.1, 0.15) is 24.2 Å². The zero-order valence-electron chi connectivity index (χ0n) is 16.6. The lowest BCUT2D eigenvalue weighted by atomic mass is 10.2. The Hall–Kier alpha value is -2.58. The Balaban J connectivity index is 1.49. The fourth-order valence-electron chi connectivity index (χ4n) is 3.42. The zero-order chi connectivity index (χ0) is 20.2. The number of ether oxygens (including phenoxy) is 1. The number of carbonyl (C=O) groups excluding carboxylic acids is 1. The van der Waals surface area contributed by atoms with Crippen molar-refractivity contribution in [2.45, 2.75) is 44.5 Å². The van der Waals surface area contributed by atoms with Crippen LogP contribution >= 0.6 is 11.8 Å². The molecule has 7 nitrogen and oxygen atoms in total. The van der Waals surface area contributed by atoms with Crippen molar-refractivity contribution in [2.24, 2.45) is 0 Å². The normalized spacial score (nSPS) is 16.3. The molecule has 3 aromatic rings. The number of rotatable bonds is 7. The zero-order valence-corrected chi connectivity index (χ0v) is 17.4. The highest BCUT2D eigenvalue weighted by Crippen LogP contribution is 2.29. The number of aromatic nitrogens is 3. The van der Waals surface area contributed by atoms with Crippen molar-refractivity contribution in [3.05, 3.63) is 47.9 Å². The molecule has 0 saturated carbocycles. The Morgan fingerprint density at radius 3 is 2.93 bits per heavy atom. The van der Waals surface area contributed by atoms with Crippen LogP contribution in [0.15, 0.2) is 46.2 Å². The number of hydrogen-bond donors (Lipinski definition) is 1. The molecule has 1 N–H and O–H groups in total. The Bertz CT molecular complexity index is 991. The number of benzene rings is 1. The van der Waals surface area contributed by atoms with Crippen LogP contribution in [0, 0.1) is 13.8 Å². The van der Waals surface area contributed by atoms with Crippen LogP contribution in [0.4, 0.5) is 5.69 Å². The van der Waals surface area contributed by atoms with Crippen molar-refractivity contribution in [2.75, 3.05) is 17.7 Å². The van der Waals surface area contributed by atoms with Crippen molar-refractivity contribution in [3.63, 3.8) is 0 Å². The van der Waals surface area contributed by atoms with Crippen LogP contribution in [-0.4, -0.2) is 39.1 Å². The van der Waals surface area contributed by atoms with Gasteiger partial charge in [0.15, 0.2) is 11.0 Å². The molecule has 1 fully saturated rings. The van der Waals surface area contributed by atoms with Gasteiger partial charge in [-0.15, -0.1) is 10.2 Å². The molecule has 1 aromatic carbocycles. The van der Waals surface area contributed by atoms with E-state index in [0.717, 1.165) is 47.8 Å². The van der Waals surface area contributed by atoms with Crippen LogP contribution in [0.2, 0.25) is 0 Å². The van der Waals surface area contributed by atoms with E-state index in [1.54, 1.807) is 6.26 Å². The molecule has 1 aliphatic rings. The Morgan fingerprint density at radius 1 is 1.31 bits per heavy atom. The molecule has 152 valence electrons. The summed E-state index contributed by atoms with van der Waals surface area (Å²) in [6.45, 7) is 5.35. The average Bonchev–Trinajstić information content (AvgIpc) is 3.42. The van der Waals surface area contributed by atoms with Crippen molar-refractivity contribution in [1.29, 1.82) is 0 Å². The van der Waals surface area contributed by atoms with Gasteiger partial charge in [-0.2, -0.15) is 0 Å². The van der Waals surface area contributed by atoms with E-state index in [-0.39, 0.29) is 17.8 Å². The first-order valence-electron chi connectivity index (χ1n) is 9.69. The average molecular weight is 413 g/mol. The van der Waals surface area contributed by atoms with Crippen LogP contribution < -0.4 is 5.32 Å². The maximum Gasteiger partial charge on any atom is 0.234 e. The van der Waals surface area contributed by atoms with Gasteiger partial charge < -0.3 is 14.5 Å². The second-order valence-electron chi connectivity index (χ2n) is 7.15. The van der Waals surface area contributed by atoms with E-state index in [2.05, 4.69) is 15.5 Å². The predicted molar refractivity (Wildman–Crippen MR) is 112 cm³/mol. The lowest BCUT2D eigenvalue weighted by molar-refractivity contribution is -0.113. The molecule has 0 radical (unpaired) electrons. The summed E-state index contributed by atoms with van der Waals surface area (Å²) in [5.74, 6) is 1.71. The molecule has 1 aliphatic heterocycles. The first-order valence-corrected chi connectivity index (χ1v) is 10.7. The number of hydrogen-bond acceptors (Lipinski definition) is 6. The first-order chi connectivity index (χ1) is 14.1. The Morgan fingerprint density at radius 2 is 2.21 bits per heavy atom. The highest BCUT2D eigenvalue weighted by molar-refractivity contribution is 7.99. The molecule has 2 aromatic heterocycles. The molecular formula is C21H24N4O3S. The van der Waals surface area contributed by atoms with Gasteiger partial charge in [0.05, 0.1) is 30.2 Å². The summed E-state index contributed by atoms with van der Waals surface area (Å²) in [5.41, 5.74) is 2.81. The van der Waals surface area contributed by atoms with Crippen molar-refractivity contribution in [3.8, 4) is 11.4 Å². The monoisotopic (exact) mass is 412 g/mol. The minimum Gasteiger partial charge on any atom is -0.469 e. The molecule has 0 unspecified atom stereocenters. The smallest absolute Gasteiger partial charge is 0.234 e. The van der Waals surface area contributed by atoms with Crippen LogP contribution in [0.5, 0.6) is 0 Å². The Kier molecular flexibility index (Phi) is 6.01. The number of amides is 1. The minimum atomic E-state index is -0.0756. The summed E-state index contributed by atoms with van der Waals surface area (Å²) in [4.78, 5) is 12.4. The maximum atomic E-state index is 12.4. The van der Waals surface area contributed by atoms with Gasteiger partial charge in [-0.3, -0.25) is 9.36 Å². The molecular weight excluding hydrogens is 388 g/mol. The van der Waals surface area contributed by atoms with Gasteiger partial charge in [0, 0.05) is 12.3 Å². The minimum absolute atomic E-state index is 0.0756. The summed E-state index contributed by atoms with van der Waals surface area (Å²) in [6.07, 6.45) is 3.86. The van der Waals surface area contributed by atoms with E-state index in [9.17, 15) is 4.79 Å². The number of nitrogens with one attached hydrogen (secondary N) is 1. The van der Waals surface area contributed by atoms with E-state index in [1.165, 1.54) is 11.8 Å². The van der Waals surface area contributed by atoms with Gasteiger partial charge >= 0.3 is 0 Å². The number of thioether (sulfide) groups is 1. The molecule has 1 atom stereocenters. The Labute approximate surface area is 173 Å². The number of aryl methyl sites for hydroxylation is 2. The van der Waals surface area contributed by atoms with Crippen LogP contribution in [0.3, 0.4) is 0 Å². The lowest BCUT2D eigenvalue weighted by Gasteiger charge is -2.14. The fourth-order valence-corrected chi connectivity index (χ4v) is 4.17. The first kappa shape index (κ1) is 19.7. The van der Waals surface area contributed by atoms with E-state index in [0.29, 0.717) is 11.7 Å². The summed E-state index contributed by atoms with van der Waals surface area (Å²) in [5, 5.41) is 12.4. The molecule has 8 heteroatoms. The van der Waals surface area contributed by atoms with E-state index >= 15 is 0 Å². The van der Waals surface area contributed by atoms with E-state index in [4.69, 9.17) is 9.15 Å². The summed E-state index contributed by atoms with van der Waals surface area (Å²) >= 11 is 1.38. The number of nitrogens with zero attached hydrogens (tertiary/aromatic N) is 3. The van der Waals surface area contributed by atoms with Gasteiger partial charge in [-0.05, 0) is 50.5 Å². The third kappa shape index (κ3) is 4.71. The standard InChI is InChI=1S/C21H24N4O3S/c1-14-5-3-6-16(11-14)22-19(26)13-29-21-24-23-20(18-8-10-27-15(18)2)25(21)12-17-7-4-9-28-17/h3,5-6,8,10-11,17H,4,7,9,12-13H2,1-2H3,(H,22,26)/t17-/m0/s1. The molecule has 0 aliphatic carbocycles. The van der Waals surface area contributed by atoms with Gasteiger partial charge in [0.1, 0.15) is 5.76 Å². The quantitative estimate of drug-likeness (QED) is 0.589. The molecule has 1 amide bonds. The third-order valence-corrected chi connectivity index (χ3v) is 5.83. The number of furan rings is 1. The van der Waals surface area contributed by atoms with Gasteiger partial charge in [-0.25, -0.2) is 0 Å². The highest BCUT2D eigenvalue weighted by Gasteiger charge is 2.23. The van der Waals surface area contributed by atoms with Crippen LogP contribution in [0.25, 0.3) is 11.4 Å². The molecule has 0 bridgehead atoms. The summed E-state index contributed by atoms with van der Waals surface area (Å²) in [7, 11) is 0. The fraction of sp³-hybridized carbons (Fsp3) is 0.381. The second kappa shape index (κ2) is 8.84.